The second-order valence-electron chi connectivity index (χ2n) is 6.68. The summed E-state index contributed by atoms with van der Waals surface area (Å²) >= 11 is 1.71. The van der Waals surface area contributed by atoms with E-state index in [4.69, 9.17) is 5.73 Å². The fourth-order valence-corrected chi connectivity index (χ4v) is 4.98. The third kappa shape index (κ3) is 2.27. The van der Waals surface area contributed by atoms with Crippen molar-refractivity contribution in [3.05, 3.63) is 10.9 Å². The highest BCUT2D eigenvalue weighted by Gasteiger charge is 2.37. The number of nitrogens with two attached hydrogens (primary N) is 1. The van der Waals surface area contributed by atoms with E-state index in [1.165, 1.54) is 48.8 Å². The van der Waals surface area contributed by atoms with Gasteiger partial charge in [0.1, 0.15) is 10.6 Å². The van der Waals surface area contributed by atoms with Gasteiger partial charge in [-0.2, -0.15) is 4.98 Å². The second-order valence-corrected chi connectivity index (χ2v) is 7.91. The van der Waals surface area contributed by atoms with Crippen LogP contribution in [0.15, 0.2) is 6.07 Å². The van der Waals surface area contributed by atoms with E-state index in [-0.39, 0.29) is 0 Å². The Balaban J connectivity index is 1.65. The first-order valence-electron chi connectivity index (χ1n) is 7.94. The van der Waals surface area contributed by atoms with E-state index in [2.05, 4.69) is 27.9 Å². The van der Waals surface area contributed by atoms with Crippen molar-refractivity contribution in [1.82, 2.24) is 9.97 Å². The van der Waals surface area contributed by atoms with Crippen LogP contribution in [-0.4, -0.2) is 23.1 Å². The molecule has 0 radical (unpaired) electrons. The molecule has 1 saturated heterocycles. The highest BCUT2D eigenvalue weighted by Crippen LogP contribution is 2.47. The van der Waals surface area contributed by atoms with Gasteiger partial charge in [-0.3, -0.25) is 0 Å². The first-order chi connectivity index (χ1) is 10.2. The fourth-order valence-electron chi connectivity index (χ4n) is 4.10. The van der Waals surface area contributed by atoms with Gasteiger partial charge in [0.2, 0.25) is 5.95 Å². The van der Waals surface area contributed by atoms with Crippen molar-refractivity contribution in [2.24, 2.45) is 5.41 Å². The summed E-state index contributed by atoms with van der Waals surface area (Å²) in [7, 11) is 0. The zero-order valence-electron chi connectivity index (χ0n) is 12.6. The van der Waals surface area contributed by atoms with Crippen molar-refractivity contribution in [2.75, 3.05) is 23.7 Å². The monoisotopic (exact) mass is 302 g/mol. The van der Waals surface area contributed by atoms with Crippen molar-refractivity contribution in [1.29, 1.82) is 0 Å². The van der Waals surface area contributed by atoms with Gasteiger partial charge in [-0.25, -0.2) is 4.98 Å². The van der Waals surface area contributed by atoms with Gasteiger partial charge in [-0.05, 0) is 44.1 Å². The van der Waals surface area contributed by atoms with E-state index in [1.54, 1.807) is 11.3 Å². The minimum atomic E-state index is 0.403. The van der Waals surface area contributed by atoms with E-state index in [0.717, 1.165) is 23.7 Å². The van der Waals surface area contributed by atoms with Gasteiger partial charge in [0.05, 0.1) is 5.39 Å². The van der Waals surface area contributed by atoms with Gasteiger partial charge in [-0.1, -0.05) is 12.8 Å². The molecule has 1 saturated carbocycles. The molecule has 0 amide bonds. The van der Waals surface area contributed by atoms with Crippen LogP contribution in [0.25, 0.3) is 10.2 Å². The molecule has 2 N–H and O–H groups in total. The summed E-state index contributed by atoms with van der Waals surface area (Å²) in [6.07, 6.45) is 8.32. The maximum Gasteiger partial charge on any atom is 0.223 e. The zero-order valence-corrected chi connectivity index (χ0v) is 13.4. The minimum Gasteiger partial charge on any atom is -0.368 e. The third-order valence-corrected chi connectivity index (χ3v) is 6.25. The smallest absolute Gasteiger partial charge is 0.223 e. The summed E-state index contributed by atoms with van der Waals surface area (Å²) in [5, 5.41) is 1.18. The lowest BCUT2D eigenvalue weighted by Crippen LogP contribution is -2.39. The molecule has 4 rings (SSSR count). The Morgan fingerprint density at radius 3 is 2.57 bits per heavy atom. The van der Waals surface area contributed by atoms with Crippen LogP contribution in [0.5, 0.6) is 0 Å². The number of piperidine rings is 1. The van der Waals surface area contributed by atoms with E-state index >= 15 is 0 Å². The summed E-state index contributed by atoms with van der Waals surface area (Å²) in [5.41, 5.74) is 6.55. The molecule has 5 heteroatoms. The van der Waals surface area contributed by atoms with E-state index in [0.29, 0.717) is 11.4 Å². The summed E-state index contributed by atoms with van der Waals surface area (Å²) in [6, 6.07) is 2.20. The standard InChI is InChI=1S/C16H22N4S/c1-11-10-12-13(18-15(17)19-14(12)21-11)20-8-6-16(7-9-20)4-2-3-5-16/h10H,2-9H2,1H3,(H2,17,18,19). The molecular formula is C16H22N4S. The van der Waals surface area contributed by atoms with Crippen molar-refractivity contribution < 1.29 is 0 Å². The van der Waals surface area contributed by atoms with Crippen LogP contribution in [0.3, 0.4) is 0 Å². The summed E-state index contributed by atoms with van der Waals surface area (Å²) in [4.78, 5) is 13.7. The highest BCUT2D eigenvalue weighted by molar-refractivity contribution is 7.18. The highest BCUT2D eigenvalue weighted by atomic mass is 32.1. The molecule has 1 spiro atoms. The summed E-state index contributed by atoms with van der Waals surface area (Å²) < 4.78 is 0. The first kappa shape index (κ1) is 13.3. The van der Waals surface area contributed by atoms with Crippen molar-refractivity contribution in [3.8, 4) is 0 Å². The number of rotatable bonds is 1. The lowest BCUT2D eigenvalue weighted by molar-refractivity contribution is 0.226. The normalized spacial score (nSPS) is 21.5. The molecular weight excluding hydrogens is 280 g/mol. The molecule has 0 aromatic carbocycles. The Morgan fingerprint density at radius 1 is 1.14 bits per heavy atom. The van der Waals surface area contributed by atoms with Crippen LogP contribution in [0.1, 0.15) is 43.4 Å². The topological polar surface area (TPSA) is 55.0 Å². The maximum atomic E-state index is 5.91. The maximum absolute atomic E-state index is 5.91. The second kappa shape index (κ2) is 4.83. The van der Waals surface area contributed by atoms with Gasteiger partial charge >= 0.3 is 0 Å². The van der Waals surface area contributed by atoms with Crippen LogP contribution in [0, 0.1) is 12.3 Å². The number of thiophene rings is 1. The SMILES string of the molecule is Cc1cc2c(N3CCC4(CCCC4)CC3)nc(N)nc2s1. The number of aryl methyl sites for hydroxylation is 1. The average Bonchev–Trinajstić information content (AvgIpc) is 3.05. The number of fused-ring (bicyclic) bond motifs is 1. The molecule has 2 aromatic rings. The van der Waals surface area contributed by atoms with Crippen LogP contribution in [0.4, 0.5) is 11.8 Å². The lowest BCUT2D eigenvalue weighted by Gasteiger charge is -2.40. The number of nitrogens with zero attached hydrogens (tertiary/aromatic N) is 3. The summed E-state index contributed by atoms with van der Waals surface area (Å²) in [6.45, 7) is 4.34. The molecule has 0 unspecified atom stereocenters. The van der Waals surface area contributed by atoms with Crippen LogP contribution in [-0.2, 0) is 0 Å². The molecule has 0 atom stereocenters. The lowest BCUT2D eigenvalue weighted by atomic mass is 9.77. The fraction of sp³-hybridized carbons (Fsp3) is 0.625. The Hall–Kier alpha value is -1.36. The summed E-state index contributed by atoms with van der Waals surface area (Å²) in [5.74, 6) is 1.45. The van der Waals surface area contributed by atoms with Gasteiger partial charge in [0, 0.05) is 18.0 Å². The Morgan fingerprint density at radius 2 is 1.86 bits per heavy atom. The first-order valence-corrected chi connectivity index (χ1v) is 8.76. The van der Waals surface area contributed by atoms with Gasteiger partial charge in [0.25, 0.3) is 0 Å². The molecule has 2 aliphatic rings. The number of nitrogen functional groups attached to an aromatic ring is 1. The molecule has 1 aliphatic heterocycles. The average molecular weight is 302 g/mol. The van der Waals surface area contributed by atoms with Crippen molar-refractivity contribution >= 4 is 33.3 Å². The van der Waals surface area contributed by atoms with Crippen molar-refractivity contribution in [2.45, 2.75) is 45.4 Å². The molecule has 112 valence electrons. The van der Waals surface area contributed by atoms with Gasteiger partial charge in [0.15, 0.2) is 0 Å². The third-order valence-electron chi connectivity index (χ3n) is 5.30. The zero-order chi connectivity index (χ0) is 14.4. The van der Waals surface area contributed by atoms with Gasteiger partial charge in [-0.15, -0.1) is 11.3 Å². The molecule has 1 aliphatic carbocycles. The molecule has 4 nitrogen and oxygen atoms in total. The Bertz CT molecular complexity index is 662. The van der Waals surface area contributed by atoms with E-state index in [1.807, 2.05) is 0 Å². The number of anilines is 2. The predicted octanol–water partition coefficient (Wildman–Crippen LogP) is 3.74. The van der Waals surface area contributed by atoms with E-state index in [9.17, 15) is 0 Å². The Labute approximate surface area is 129 Å². The van der Waals surface area contributed by atoms with Crippen LogP contribution < -0.4 is 10.6 Å². The number of hydrogen-bond acceptors (Lipinski definition) is 5. The predicted molar refractivity (Wildman–Crippen MR) is 88.9 cm³/mol. The molecule has 3 heterocycles. The largest absolute Gasteiger partial charge is 0.368 e. The Kier molecular flexibility index (Phi) is 3.06. The number of aromatic nitrogens is 2. The molecule has 2 aromatic heterocycles. The van der Waals surface area contributed by atoms with Crippen LogP contribution in [0.2, 0.25) is 0 Å². The minimum absolute atomic E-state index is 0.403. The van der Waals surface area contributed by atoms with Gasteiger partial charge < -0.3 is 10.6 Å². The van der Waals surface area contributed by atoms with Crippen LogP contribution >= 0.6 is 11.3 Å². The molecule has 2 fully saturated rings. The van der Waals surface area contributed by atoms with Crippen molar-refractivity contribution in [3.63, 3.8) is 0 Å². The quantitative estimate of drug-likeness (QED) is 0.872. The number of hydrogen-bond donors (Lipinski definition) is 1. The molecule has 0 bridgehead atoms. The van der Waals surface area contributed by atoms with E-state index < -0.39 is 0 Å². The molecule has 21 heavy (non-hydrogen) atoms.